The molecule has 0 spiro atoms. The molecule has 0 aliphatic heterocycles. The molecule has 0 aliphatic carbocycles. The van der Waals surface area contributed by atoms with E-state index in [0.717, 1.165) is 13.0 Å². The van der Waals surface area contributed by atoms with Crippen molar-refractivity contribution in [3.63, 3.8) is 0 Å². The SMILES string of the molecule is C/C(=N/NCCC(C)C)C(=O)O. The summed E-state index contributed by atoms with van der Waals surface area (Å²) in [7, 11) is 0. The van der Waals surface area contributed by atoms with Crippen molar-refractivity contribution in [2.24, 2.45) is 11.0 Å². The quantitative estimate of drug-likeness (QED) is 0.370. The number of nitrogens with zero attached hydrogens (tertiary/aromatic N) is 1. The molecule has 0 rings (SSSR count). The van der Waals surface area contributed by atoms with Gasteiger partial charge >= 0.3 is 5.97 Å². The fraction of sp³-hybridized carbons (Fsp3) is 0.750. The van der Waals surface area contributed by atoms with Gasteiger partial charge in [0.15, 0.2) is 0 Å². The molecule has 4 nitrogen and oxygen atoms in total. The average molecular weight is 172 g/mol. The molecule has 0 atom stereocenters. The van der Waals surface area contributed by atoms with E-state index in [1.807, 2.05) is 0 Å². The summed E-state index contributed by atoms with van der Waals surface area (Å²) < 4.78 is 0. The van der Waals surface area contributed by atoms with Gasteiger partial charge in [0.05, 0.1) is 0 Å². The zero-order valence-corrected chi connectivity index (χ0v) is 7.79. The van der Waals surface area contributed by atoms with Gasteiger partial charge in [0.1, 0.15) is 5.71 Å². The van der Waals surface area contributed by atoms with E-state index in [0.29, 0.717) is 5.92 Å². The van der Waals surface area contributed by atoms with Gasteiger partial charge in [-0.1, -0.05) is 13.8 Å². The van der Waals surface area contributed by atoms with Gasteiger partial charge in [-0.3, -0.25) is 0 Å². The van der Waals surface area contributed by atoms with Gasteiger partial charge in [0.25, 0.3) is 0 Å². The molecule has 0 unspecified atom stereocenters. The molecule has 0 aromatic carbocycles. The first-order chi connectivity index (χ1) is 5.54. The van der Waals surface area contributed by atoms with E-state index in [1.165, 1.54) is 6.92 Å². The number of carboxylic acid groups (broad SMARTS) is 1. The maximum atomic E-state index is 10.3. The second kappa shape index (κ2) is 5.57. The number of nitrogens with one attached hydrogen (secondary N) is 1. The molecule has 0 fully saturated rings. The van der Waals surface area contributed by atoms with E-state index in [2.05, 4.69) is 24.4 Å². The largest absolute Gasteiger partial charge is 0.477 e. The maximum absolute atomic E-state index is 10.3. The van der Waals surface area contributed by atoms with Gasteiger partial charge < -0.3 is 10.5 Å². The van der Waals surface area contributed by atoms with Crippen molar-refractivity contribution in [3.8, 4) is 0 Å². The topological polar surface area (TPSA) is 61.7 Å². The fourth-order valence-corrected chi connectivity index (χ4v) is 0.576. The van der Waals surface area contributed by atoms with Crippen LogP contribution in [0.3, 0.4) is 0 Å². The second-order valence-electron chi connectivity index (χ2n) is 3.09. The third-order valence-corrected chi connectivity index (χ3v) is 1.39. The highest BCUT2D eigenvalue weighted by Crippen LogP contribution is 1.95. The van der Waals surface area contributed by atoms with Crippen LogP contribution in [-0.2, 0) is 4.79 Å². The lowest BCUT2D eigenvalue weighted by molar-refractivity contribution is -0.129. The van der Waals surface area contributed by atoms with Crippen molar-refractivity contribution in [2.75, 3.05) is 6.54 Å². The summed E-state index contributed by atoms with van der Waals surface area (Å²) in [5.41, 5.74) is 2.80. The number of hydrogen-bond donors (Lipinski definition) is 2. The highest BCUT2D eigenvalue weighted by atomic mass is 16.4. The highest BCUT2D eigenvalue weighted by molar-refractivity contribution is 6.34. The average Bonchev–Trinajstić information content (AvgIpc) is 1.97. The molecule has 0 aromatic rings. The highest BCUT2D eigenvalue weighted by Gasteiger charge is 1.99. The number of rotatable bonds is 5. The number of carboxylic acids is 1. The predicted molar refractivity (Wildman–Crippen MR) is 48.2 cm³/mol. The van der Waals surface area contributed by atoms with Gasteiger partial charge in [-0.25, -0.2) is 4.79 Å². The molecule has 0 bridgehead atoms. The summed E-state index contributed by atoms with van der Waals surface area (Å²) in [5.74, 6) is -0.370. The van der Waals surface area contributed by atoms with Crippen LogP contribution < -0.4 is 5.43 Å². The molecule has 2 N–H and O–H groups in total. The van der Waals surface area contributed by atoms with E-state index < -0.39 is 5.97 Å². The Morgan fingerprint density at radius 2 is 2.17 bits per heavy atom. The normalized spacial score (nSPS) is 11.8. The van der Waals surface area contributed by atoms with Crippen molar-refractivity contribution < 1.29 is 9.90 Å². The predicted octanol–water partition coefficient (Wildman–Crippen LogP) is 1.08. The van der Waals surface area contributed by atoms with Crippen LogP contribution in [0.4, 0.5) is 0 Å². The number of hydrogen-bond acceptors (Lipinski definition) is 3. The van der Waals surface area contributed by atoms with Crippen molar-refractivity contribution in [2.45, 2.75) is 27.2 Å². The van der Waals surface area contributed by atoms with Gasteiger partial charge in [-0.2, -0.15) is 5.10 Å². The van der Waals surface area contributed by atoms with E-state index in [1.54, 1.807) is 0 Å². The Bertz CT molecular complexity index is 176. The van der Waals surface area contributed by atoms with Crippen LogP contribution in [0.1, 0.15) is 27.2 Å². The minimum absolute atomic E-state index is 0.0961. The minimum Gasteiger partial charge on any atom is -0.477 e. The molecular formula is C8H16N2O2. The summed E-state index contributed by atoms with van der Waals surface area (Å²) in [6, 6.07) is 0. The first-order valence-corrected chi connectivity index (χ1v) is 4.04. The number of hydrazone groups is 1. The fourth-order valence-electron chi connectivity index (χ4n) is 0.576. The molecular weight excluding hydrogens is 156 g/mol. The van der Waals surface area contributed by atoms with E-state index >= 15 is 0 Å². The lowest BCUT2D eigenvalue weighted by atomic mass is 10.1. The Morgan fingerprint density at radius 1 is 1.58 bits per heavy atom. The van der Waals surface area contributed by atoms with Crippen LogP contribution in [0.25, 0.3) is 0 Å². The molecule has 12 heavy (non-hydrogen) atoms. The monoisotopic (exact) mass is 172 g/mol. The standard InChI is InChI=1S/C8H16N2O2/c1-6(2)4-5-9-10-7(3)8(11)12/h6,9H,4-5H2,1-3H3,(H,11,12)/b10-7-. The lowest BCUT2D eigenvalue weighted by Gasteiger charge is -2.03. The van der Waals surface area contributed by atoms with Crippen LogP contribution in [0, 0.1) is 5.92 Å². The van der Waals surface area contributed by atoms with E-state index in [4.69, 9.17) is 5.11 Å². The van der Waals surface area contributed by atoms with Crippen LogP contribution >= 0.6 is 0 Å². The zero-order chi connectivity index (χ0) is 9.56. The van der Waals surface area contributed by atoms with Gasteiger partial charge in [-0.05, 0) is 19.3 Å². The Hall–Kier alpha value is -1.06. The first kappa shape index (κ1) is 10.9. The molecule has 0 saturated carbocycles. The van der Waals surface area contributed by atoms with Crippen LogP contribution in [0.2, 0.25) is 0 Å². The Kier molecular flexibility index (Phi) is 5.08. The third-order valence-electron chi connectivity index (χ3n) is 1.39. The molecule has 0 heterocycles. The summed E-state index contributed by atoms with van der Waals surface area (Å²) in [6.07, 6.45) is 0.996. The van der Waals surface area contributed by atoms with Crippen molar-refractivity contribution in [1.82, 2.24) is 5.43 Å². The Balaban J connectivity index is 3.54. The van der Waals surface area contributed by atoms with Crippen LogP contribution in [-0.4, -0.2) is 23.3 Å². The Morgan fingerprint density at radius 3 is 2.58 bits per heavy atom. The number of aliphatic carboxylic acids is 1. The lowest BCUT2D eigenvalue weighted by Crippen LogP contribution is -2.16. The molecule has 0 aliphatic rings. The summed E-state index contributed by atoms with van der Waals surface area (Å²) >= 11 is 0. The molecule has 70 valence electrons. The van der Waals surface area contributed by atoms with Crippen molar-refractivity contribution in [3.05, 3.63) is 0 Å². The molecule has 0 saturated heterocycles. The van der Waals surface area contributed by atoms with Crippen LogP contribution in [0.15, 0.2) is 5.10 Å². The molecule has 4 heteroatoms. The van der Waals surface area contributed by atoms with Gasteiger partial charge in [0, 0.05) is 6.54 Å². The molecule has 0 aromatic heterocycles. The molecule has 0 radical (unpaired) electrons. The van der Waals surface area contributed by atoms with E-state index in [9.17, 15) is 4.79 Å². The van der Waals surface area contributed by atoms with Crippen molar-refractivity contribution in [1.29, 1.82) is 0 Å². The smallest absolute Gasteiger partial charge is 0.351 e. The zero-order valence-electron chi connectivity index (χ0n) is 7.79. The Labute approximate surface area is 72.7 Å². The first-order valence-electron chi connectivity index (χ1n) is 4.04. The van der Waals surface area contributed by atoms with Gasteiger partial charge in [0.2, 0.25) is 0 Å². The summed E-state index contributed by atoms with van der Waals surface area (Å²) in [5, 5.41) is 12.1. The van der Waals surface area contributed by atoms with Crippen molar-refractivity contribution >= 4 is 11.7 Å². The van der Waals surface area contributed by atoms with E-state index in [-0.39, 0.29) is 5.71 Å². The number of carbonyl (C=O) groups is 1. The minimum atomic E-state index is -0.980. The molecule has 0 amide bonds. The summed E-state index contributed by atoms with van der Waals surface area (Å²) in [6.45, 7) is 6.40. The second-order valence-corrected chi connectivity index (χ2v) is 3.09. The van der Waals surface area contributed by atoms with Crippen LogP contribution in [0.5, 0.6) is 0 Å². The third kappa shape index (κ3) is 5.70. The van der Waals surface area contributed by atoms with Gasteiger partial charge in [-0.15, -0.1) is 0 Å². The summed E-state index contributed by atoms with van der Waals surface area (Å²) in [4.78, 5) is 10.3. The maximum Gasteiger partial charge on any atom is 0.351 e.